The number of rotatable bonds is 7. The Labute approximate surface area is 117 Å². The van der Waals surface area contributed by atoms with Crippen molar-refractivity contribution in [2.24, 2.45) is 5.92 Å². The quantitative estimate of drug-likeness (QED) is 0.765. The van der Waals surface area contributed by atoms with Gasteiger partial charge in [0, 0.05) is 19.7 Å². The predicted octanol–water partition coefficient (Wildman–Crippen LogP) is 1.66. The first-order valence-electron chi connectivity index (χ1n) is 7.87. The second-order valence-corrected chi connectivity index (χ2v) is 6.00. The van der Waals surface area contributed by atoms with Gasteiger partial charge in [0.15, 0.2) is 0 Å². The van der Waals surface area contributed by atoms with Crippen LogP contribution < -0.4 is 0 Å². The lowest BCUT2D eigenvalue weighted by atomic mass is 9.95. The van der Waals surface area contributed by atoms with Gasteiger partial charge >= 0.3 is 0 Å². The summed E-state index contributed by atoms with van der Waals surface area (Å²) in [6, 6.07) is 0. The highest BCUT2D eigenvalue weighted by molar-refractivity contribution is 4.74. The summed E-state index contributed by atoms with van der Waals surface area (Å²) in [5.74, 6) is 0.814. The molecule has 0 bridgehead atoms. The van der Waals surface area contributed by atoms with Crippen molar-refractivity contribution in [3.8, 4) is 0 Å². The van der Waals surface area contributed by atoms with Gasteiger partial charge in [-0.25, -0.2) is 0 Å². The van der Waals surface area contributed by atoms with E-state index in [0.29, 0.717) is 13.2 Å². The van der Waals surface area contributed by atoms with E-state index in [1.165, 1.54) is 19.3 Å². The largest absolute Gasteiger partial charge is 0.389 e. The van der Waals surface area contributed by atoms with Gasteiger partial charge in [-0.2, -0.15) is 0 Å². The average Bonchev–Trinajstić information content (AvgIpc) is 2.92. The lowest BCUT2D eigenvalue weighted by Gasteiger charge is -2.33. The van der Waals surface area contributed by atoms with Crippen LogP contribution in [0, 0.1) is 5.92 Å². The minimum absolute atomic E-state index is 0.256. The predicted molar refractivity (Wildman–Crippen MR) is 75.3 cm³/mol. The number of aliphatic hydroxyl groups is 1. The summed E-state index contributed by atoms with van der Waals surface area (Å²) < 4.78 is 11.1. The molecule has 0 aromatic rings. The Hall–Kier alpha value is -0.160. The average molecular weight is 271 g/mol. The molecular weight excluding hydrogens is 242 g/mol. The van der Waals surface area contributed by atoms with Crippen LogP contribution in [0.25, 0.3) is 0 Å². The zero-order valence-electron chi connectivity index (χ0n) is 12.2. The van der Waals surface area contributed by atoms with Gasteiger partial charge < -0.3 is 19.5 Å². The molecular formula is C15H29NO3. The van der Waals surface area contributed by atoms with E-state index in [1.54, 1.807) is 0 Å². The third-order valence-electron chi connectivity index (χ3n) is 4.29. The molecule has 2 fully saturated rings. The zero-order chi connectivity index (χ0) is 13.5. The van der Waals surface area contributed by atoms with Crippen LogP contribution in [-0.2, 0) is 9.47 Å². The van der Waals surface area contributed by atoms with Crippen LogP contribution >= 0.6 is 0 Å². The third-order valence-corrected chi connectivity index (χ3v) is 4.29. The molecule has 3 atom stereocenters. The molecule has 2 aliphatic rings. The van der Waals surface area contributed by atoms with Gasteiger partial charge in [-0.1, -0.05) is 13.3 Å². The van der Waals surface area contributed by atoms with Crippen molar-refractivity contribution in [1.29, 1.82) is 0 Å². The molecule has 4 heteroatoms. The Balaban J connectivity index is 1.56. The molecule has 0 radical (unpaired) electrons. The fourth-order valence-corrected chi connectivity index (χ4v) is 3.11. The Kier molecular flexibility index (Phi) is 6.57. The summed E-state index contributed by atoms with van der Waals surface area (Å²) >= 11 is 0. The number of piperidine rings is 1. The topological polar surface area (TPSA) is 41.9 Å². The smallest absolute Gasteiger partial charge is 0.0900 e. The van der Waals surface area contributed by atoms with E-state index in [2.05, 4.69) is 11.8 Å². The summed E-state index contributed by atoms with van der Waals surface area (Å²) in [6.07, 6.45) is 6.00. The van der Waals surface area contributed by atoms with Crippen molar-refractivity contribution in [3.63, 3.8) is 0 Å². The van der Waals surface area contributed by atoms with Gasteiger partial charge in [-0.05, 0) is 38.1 Å². The monoisotopic (exact) mass is 271 g/mol. The van der Waals surface area contributed by atoms with E-state index in [9.17, 15) is 5.11 Å². The van der Waals surface area contributed by atoms with Crippen molar-refractivity contribution < 1.29 is 14.6 Å². The van der Waals surface area contributed by atoms with Crippen LogP contribution in [0.15, 0.2) is 0 Å². The first kappa shape index (κ1) is 15.2. The van der Waals surface area contributed by atoms with Gasteiger partial charge in [-0.3, -0.25) is 0 Å². The molecule has 0 spiro atoms. The summed E-state index contributed by atoms with van der Waals surface area (Å²) in [5, 5.41) is 10.0. The minimum atomic E-state index is -0.364. The Morgan fingerprint density at radius 3 is 3.00 bits per heavy atom. The molecule has 2 saturated heterocycles. The molecule has 2 rings (SSSR count). The first-order chi connectivity index (χ1) is 9.28. The molecule has 2 aliphatic heterocycles. The molecule has 0 aromatic carbocycles. The Bertz CT molecular complexity index is 244. The molecule has 0 aromatic heterocycles. The van der Waals surface area contributed by atoms with Crippen LogP contribution in [0.5, 0.6) is 0 Å². The van der Waals surface area contributed by atoms with Crippen LogP contribution in [-0.4, -0.2) is 61.7 Å². The van der Waals surface area contributed by atoms with E-state index >= 15 is 0 Å². The highest BCUT2D eigenvalue weighted by Gasteiger charge is 2.21. The van der Waals surface area contributed by atoms with Crippen molar-refractivity contribution in [2.45, 2.75) is 51.2 Å². The van der Waals surface area contributed by atoms with Gasteiger partial charge in [0.25, 0.3) is 0 Å². The highest BCUT2D eigenvalue weighted by Crippen LogP contribution is 2.19. The molecule has 0 aliphatic carbocycles. The second-order valence-electron chi connectivity index (χ2n) is 6.00. The second kappa shape index (κ2) is 8.20. The Morgan fingerprint density at radius 1 is 1.37 bits per heavy atom. The molecule has 19 heavy (non-hydrogen) atoms. The molecule has 0 saturated carbocycles. The van der Waals surface area contributed by atoms with Crippen LogP contribution in [0.2, 0.25) is 0 Å². The normalized spacial score (nSPS) is 30.6. The van der Waals surface area contributed by atoms with Gasteiger partial charge in [0.05, 0.1) is 25.4 Å². The van der Waals surface area contributed by atoms with E-state index in [4.69, 9.17) is 9.47 Å². The van der Waals surface area contributed by atoms with Crippen LogP contribution in [0.3, 0.4) is 0 Å². The highest BCUT2D eigenvalue weighted by atomic mass is 16.5. The molecule has 0 amide bonds. The summed E-state index contributed by atoms with van der Waals surface area (Å²) in [4.78, 5) is 2.39. The maximum atomic E-state index is 10.0. The number of β-amino-alcohol motifs (C(OH)–C–C–N with tert-alkyl or cyclic N) is 1. The fourth-order valence-electron chi connectivity index (χ4n) is 3.11. The number of likely N-dealkylation sites (tertiary alicyclic amines) is 1. The SMILES string of the molecule is CCC1CCCN(CC(O)COCC2CCCO2)C1. The fraction of sp³-hybridized carbons (Fsp3) is 1.00. The van der Waals surface area contributed by atoms with Crippen LogP contribution in [0.4, 0.5) is 0 Å². The molecule has 4 nitrogen and oxygen atoms in total. The molecule has 3 unspecified atom stereocenters. The van der Waals surface area contributed by atoms with Gasteiger partial charge in [-0.15, -0.1) is 0 Å². The number of hydrogen-bond acceptors (Lipinski definition) is 4. The molecule has 1 N–H and O–H groups in total. The van der Waals surface area contributed by atoms with E-state index in [0.717, 1.165) is 45.0 Å². The van der Waals surface area contributed by atoms with E-state index < -0.39 is 0 Å². The standard InChI is InChI=1S/C15H29NO3/c1-2-13-5-3-7-16(9-13)10-14(17)11-18-12-15-6-4-8-19-15/h13-15,17H,2-12H2,1H3. The van der Waals surface area contributed by atoms with E-state index in [-0.39, 0.29) is 12.2 Å². The van der Waals surface area contributed by atoms with Crippen molar-refractivity contribution in [1.82, 2.24) is 4.90 Å². The maximum Gasteiger partial charge on any atom is 0.0900 e. The van der Waals surface area contributed by atoms with Gasteiger partial charge in [0.1, 0.15) is 0 Å². The van der Waals surface area contributed by atoms with Crippen molar-refractivity contribution in [3.05, 3.63) is 0 Å². The molecule has 112 valence electrons. The van der Waals surface area contributed by atoms with E-state index in [1.807, 2.05) is 0 Å². The van der Waals surface area contributed by atoms with Crippen molar-refractivity contribution in [2.75, 3.05) is 39.5 Å². The van der Waals surface area contributed by atoms with Crippen molar-refractivity contribution >= 4 is 0 Å². The third kappa shape index (κ3) is 5.38. The lowest BCUT2D eigenvalue weighted by molar-refractivity contribution is -0.0281. The first-order valence-corrected chi connectivity index (χ1v) is 7.87. The lowest BCUT2D eigenvalue weighted by Crippen LogP contribution is -2.41. The number of hydrogen-bond donors (Lipinski definition) is 1. The minimum Gasteiger partial charge on any atom is -0.389 e. The molecule has 2 heterocycles. The summed E-state index contributed by atoms with van der Waals surface area (Å²) in [7, 11) is 0. The summed E-state index contributed by atoms with van der Waals surface area (Å²) in [5.41, 5.74) is 0. The maximum absolute atomic E-state index is 10.0. The number of nitrogens with zero attached hydrogens (tertiary/aromatic N) is 1. The number of aliphatic hydroxyl groups excluding tert-OH is 1. The van der Waals surface area contributed by atoms with Gasteiger partial charge in [0.2, 0.25) is 0 Å². The zero-order valence-corrected chi connectivity index (χ0v) is 12.2. The van der Waals surface area contributed by atoms with Crippen LogP contribution in [0.1, 0.15) is 39.0 Å². The Morgan fingerprint density at radius 2 is 2.26 bits per heavy atom. The number of ether oxygens (including phenoxy) is 2. The summed E-state index contributed by atoms with van der Waals surface area (Å²) in [6.45, 7) is 7.21.